The first kappa shape index (κ1) is 8.26. The Bertz CT molecular complexity index is 286. The van der Waals surface area contributed by atoms with Crippen LogP contribution in [0.25, 0.3) is 0 Å². The highest BCUT2D eigenvalue weighted by atomic mass is 16.1. The van der Waals surface area contributed by atoms with Gasteiger partial charge in [-0.25, -0.2) is 0 Å². The van der Waals surface area contributed by atoms with Gasteiger partial charge in [-0.05, 0) is 12.1 Å². The zero-order valence-electron chi connectivity index (χ0n) is 7.31. The number of benzene rings is 1. The predicted molar refractivity (Wildman–Crippen MR) is 51.6 cm³/mol. The van der Waals surface area contributed by atoms with Gasteiger partial charge in [-0.2, -0.15) is 0 Å². The minimum absolute atomic E-state index is 0.0117. The van der Waals surface area contributed by atoms with E-state index in [2.05, 4.69) is 10.2 Å². The van der Waals surface area contributed by atoms with Crippen molar-refractivity contribution in [2.75, 3.05) is 18.1 Å². The van der Waals surface area contributed by atoms with Gasteiger partial charge in [0.05, 0.1) is 12.7 Å². The highest BCUT2D eigenvalue weighted by Gasteiger charge is 2.22. The molecule has 1 saturated heterocycles. The lowest BCUT2D eigenvalue weighted by molar-refractivity contribution is -0.108. The van der Waals surface area contributed by atoms with Gasteiger partial charge in [0, 0.05) is 12.2 Å². The second kappa shape index (κ2) is 3.58. The number of anilines is 1. The van der Waals surface area contributed by atoms with Gasteiger partial charge < -0.3 is 9.69 Å². The summed E-state index contributed by atoms with van der Waals surface area (Å²) in [5.41, 5.74) is 1.10. The van der Waals surface area contributed by atoms with Gasteiger partial charge in [0.25, 0.3) is 0 Å². The lowest BCUT2D eigenvalue weighted by Crippen LogP contribution is -2.31. The van der Waals surface area contributed by atoms with E-state index in [9.17, 15) is 4.79 Å². The molecule has 1 aliphatic rings. The van der Waals surface area contributed by atoms with E-state index in [1.165, 1.54) is 0 Å². The Morgan fingerprint density at radius 1 is 1.38 bits per heavy atom. The van der Waals surface area contributed by atoms with Gasteiger partial charge in [0.2, 0.25) is 0 Å². The van der Waals surface area contributed by atoms with Crippen LogP contribution in [0.3, 0.4) is 0 Å². The van der Waals surface area contributed by atoms with Crippen LogP contribution in [0.1, 0.15) is 0 Å². The van der Waals surface area contributed by atoms with Crippen LogP contribution in [0.2, 0.25) is 0 Å². The Morgan fingerprint density at radius 3 is 2.85 bits per heavy atom. The molecule has 0 aromatic heterocycles. The number of para-hydroxylation sites is 1. The average molecular weight is 176 g/mol. The SMILES string of the molecule is O=CC1CNCN1c1ccccc1. The molecule has 1 aromatic carbocycles. The summed E-state index contributed by atoms with van der Waals surface area (Å²) in [5, 5.41) is 3.17. The van der Waals surface area contributed by atoms with Crippen molar-refractivity contribution in [2.45, 2.75) is 6.04 Å². The number of carbonyl (C=O) groups is 1. The average Bonchev–Trinajstić information content (AvgIpc) is 2.67. The van der Waals surface area contributed by atoms with Crippen LogP contribution in [0.15, 0.2) is 30.3 Å². The van der Waals surface area contributed by atoms with Gasteiger partial charge in [0.15, 0.2) is 0 Å². The van der Waals surface area contributed by atoms with Crippen molar-refractivity contribution in [3.8, 4) is 0 Å². The Kier molecular flexibility index (Phi) is 2.27. The van der Waals surface area contributed by atoms with Crippen LogP contribution in [-0.2, 0) is 4.79 Å². The highest BCUT2D eigenvalue weighted by Crippen LogP contribution is 2.16. The predicted octanol–water partition coefficient (Wildman–Crippen LogP) is 0.621. The molecule has 1 aliphatic heterocycles. The van der Waals surface area contributed by atoms with Gasteiger partial charge in [-0.1, -0.05) is 18.2 Å². The third-order valence-electron chi connectivity index (χ3n) is 2.28. The molecule has 1 atom stereocenters. The molecule has 3 nitrogen and oxygen atoms in total. The Labute approximate surface area is 77.4 Å². The van der Waals surface area contributed by atoms with Crippen molar-refractivity contribution >= 4 is 12.0 Å². The van der Waals surface area contributed by atoms with E-state index in [4.69, 9.17) is 0 Å². The van der Waals surface area contributed by atoms with E-state index in [1.807, 2.05) is 30.3 Å². The molecule has 1 unspecified atom stereocenters. The van der Waals surface area contributed by atoms with E-state index in [0.29, 0.717) is 0 Å². The Hall–Kier alpha value is -1.35. The first-order valence-corrected chi connectivity index (χ1v) is 4.39. The van der Waals surface area contributed by atoms with E-state index < -0.39 is 0 Å². The van der Waals surface area contributed by atoms with Crippen molar-refractivity contribution in [1.29, 1.82) is 0 Å². The zero-order chi connectivity index (χ0) is 9.10. The summed E-state index contributed by atoms with van der Waals surface area (Å²) in [4.78, 5) is 12.8. The fourth-order valence-corrected chi connectivity index (χ4v) is 1.58. The normalized spacial score (nSPS) is 21.8. The maximum atomic E-state index is 10.7. The van der Waals surface area contributed by atoms with E-state index in [0.717, 1.165) is 25.2 Å². The van der Waals surface area contributed by atoms with Crippen molar-refractivity contribution in [3.05, 3.63) is 30.3 Å². The van der Waals surface area contributed by atoms with Crippen LogP contribution < -0.4 is 10.2 Å². The Balaban J connectivity index is 2.21. The monoisotopic (exact) mass is 176 g/mol. The van der Waals surface area contributed by atoms with Crippen molar-refractivity contribution in [3.63, 3.8) is 0 Å². The molecular formula is C10H12N2O. The van der Waals surface area contributed by atoms with Crippen molar-refractivity contribution in [1.82, 2.24) is 5.32 Å². The van der Waals surface area contributed by atoms with Crippen LogP contribution >= 0.6 is 0 Å². The molecule has 0 aliphatic carbocycles. The summed E-state index contributed by atoms with van der Waals surface area (Å²) in [6.07, 6.45) is 0.993. The molecule has 1 aromatic rings. The largest absolute Gasteiger partial charge is 0.348 e. The molecular weight excluding hydrogens is 164 g/mol. The Morgan fingerprint density at radius 2 is 2.15 bits per heavy atom. The first-order chi connectivity index (χ1) is 6.42. The minimum atomic E-state index is -0.0117. The van der Waals surface area contributed by atoms with Crippen molar-refractivity contribution in [2.24, 2.45) is 0 Å². The summed E-state index contributed by atoms with van der Waals surface area (Å²) >= 11 is 0. The van der Waals surface area contributed by atoms with Gasteiger partial charge in [-0.15, -0.1) is 0 Å². The third-order valence-corrected chi connectivity index (χ3v) is 2.28. The first-order valence-electron chi connectivity index (χ1n) is 4.39. The molecule has 13 heavy (non-hydrogen) atoms. The van der Waals surface area contributed by atoms with E-state index >= 15 is 0 Å². The number of carbonyl (C=O) groups excluding carboxylic acids is 1. The van der Waals surface area contributed by atoms with Gasteiger partial charge in [0.1, 0.15) is 6.29 Å². The quantitative estimate of drug-likeness (QED) is 0.670. The number of rotatable bonds is 2. The number of hydrogen-bond donors (Lipinski definition) is 1. The fraction of sp³-hybridized carbons (Fsp3) is 0.300. The molecule has 0 spiro atoms. The summed E-state index contributed by atoms with van der Waals surface area (Å²) in [5.74, 6) is 0. The van der Waals surface area contributed by atoms with Crippen molar-refractivity contribution < 1.29 is 4.79 Å². The molecule has 1 N–H and O–H groups in total. The molecule has 68 valence electrons. The molecule has 0 amide bonds. The second-order valence-corrected chi connectivity index (χ2v) is 3.12. The van der Waals surface area contributed by atoms with Crippen LogP contribution in [0.5, 0.6) is 0 Å². The number of hydrogen-bond acceptors (Lipinski definition) is 3. The van der Waals surface area contributed by atoms with Gasteiger partial charge in [-0.3, -0.25) is 5.32 Å². The molecule has 3 heteroatoms. The van der Waals surface area contributed by atoms with Crippen LogP contribution in [0, 0.1) is 0 Å². The van der Waals surface area contributed by atoms with E-state index in [-0.39, 0.29) is 6.04 Å². The lowest BCUT2D eigenvalue weighted by atomic mass is 10.2. The topological polar surface area (TPSA) is 32.3 Å². The molecule has 1 fully saturated rings. The number of nitrogens with one attached hydrogen (secondary N) is 1. The standard InChI is InChI=1S/C10H12N2O/c13-7-10-6-11-8-12(10)9-4-2-1-3-5-9/h1-5,7,10-11H,6,8H2. The summed E-state index contributed by atoms with van der Waals surface area (Å²) in [6.45, 7) is 1.51. The summed E-state index contributed by atoms with van der Waals surface area (Å²) in [6, 6.07) is 9.96. The molecule has 2 rings (SSSR count). The molecule has 0 radical (unpaired) electrons. The highest BCUT2D eigenvalue weighted by molar-refractivity contribution is 5.67. The second-order valence-electron chi connectivity index (χ2n) is 3.12. The smallest absolute Gasteiger partial charge is 0.143 e. The zero-order valence-corrected chi connectivity index (χ0v) is 7.31. The van der Waals surface area contributed by atoms with Crippen LogP contribution in [-0.4, -0.2) is 25.5 Å². The minimum Gasteiger partial charge on any atom is -0.348 e. The van der Waals surface area contributed by atoms with Crippen LogP contribution in [0.4, 0.5) is 5.69 Å². The third kappa shape index (κ3) is 1.55. The van der Waals surface area contributed by atoms with Gasteiger partial charge >= 0.3 is 0 Å². The van der Waals surface area contributed by atoms with E-state index in [1.54, 1.807) is 0 Å². The maximum absolute atomic E-state index is 10.7. The molecule has 1 heterocycles. The summed E-state index contributed by atoms with van der Waals surface area (Å²) < 4.78 is 0. The summed E-state index contributed by atoms with van der Waals surface area (Å²) in [7, 11) is 0. The molecule has 0 bridgehead atoms. The molecule has 0 saturated carbocycles. The number of aldehydes is 1. The number of nitrogens with zero attached hydrogens (tertiary/aromatic N) is 1. The lowest BCUT2D eigenvalue weighted by Gasteiger charge is -2.21. The maximum Gasteiger partial charge on any atom is 0.143 e. The fourth-order valence-electron chi connectivity index (χ4n) is 1.58.